The van der Waals surface area contributed by atoms with Gasteiger partial charge in [-0.1, -0.05) is 18.2 Å². The monoisotopic (exact) mass is 264 g/mol. The number of benzene rings is 1. The largest absolute Gasteiger partial charge is 0.488 e. The highest BCUT2D eigenvalue weighted by Crippen LogP contribution is 2.16. The summed E-state index contributed by atoms with van der Waals surface area (Å²) in [5, 5.41) is 18.1. The maximum Gasteiger partial charge on any atom is 0.488 e. The minimum atomic E-state index is -1.35. The summed E-state index contributed by atoms with van der Waals surface area (Å²) in [5.41, 5.74) is 3.12. The molecule has 1 aliphatic heterocycles. The molecule has 0 saturated carbocycles. The van der Waals surface area contributed by atoms with E-state index in [-0.39, 0.29) is 0 Å². The van der Waals surface area contributed by atoms with Crippen molar-refractivity contribution in [1.29, 1.82) is 0 Å². The van der Waals surface area contributed by atoms with Gasteiger partial charge in [0.1, 0.15) is 0 Å². The van der Waals surface area contributed by atoms with Gasteiger partial charge in [-0.25, -0.2) is 0 Å². The Labute approximate surface area is 114 Å². The Kier molecular flexibility index (Phi) is 6.01. The summed E-state index contributed by atoms with van der Waals surface area (Å²) in [5.74, 6) is 0. The first-order chi connectivity index (χ1) is 8.93. The highest BCUT2D eigenvalue weighted by molar-refractivity contribution is 6.58. The van der Waals surface area contributed by atoms with Gasteiger partial charge in [0.25, 0.3) is 0 Å². The number of hydrogen-bond donors (Lipinski definition) is 2. The maximum atomic E-state index is 9.43. The van der Waals surface area contributed by atoms with E-state index in [0.717, 1.165) is 25.9 Å². The van der Waals surface area contributed by atoms with Crippen molar-refractivity contribution in [3.05, 3.63) is 29.3 Å². The van der Waals surface area contributed by atoms with Gasteiger partial charge in [0, 0.05) is 27.2 Å². The molecule has 1 aromatic rings. The summed E-state index contributed by atoms with van der Waals surface area (Å²) >= 11 is 0. The smallest absolute Gasteiger partial charge is 0.423 e. The van der Waals surface area contributed by atoms with Crippen molar-refractivity contribution >= 4 is 19.0 Å². The topological polar surface area (TPSA) is 64.0 Å². The van der Waals surface area contributed by atoms with Gasteiger partial charge in [0.05, 0.1) is 0 Å². The fourth-order valence-corrected chi connectivity index (χ4v) is 1.88. The van der Waals surface area contributed by atoms with E-state index in [9.17, 15) is 4.79 Å². The van der Waals surface area contributed by atoms with Crippen molar-refractivity contribution in [2.75, 3.05) is 27.7 Å². The fourth-order valence-electron chi connectivity index (χ4n) is 1.88. The molecule has 104 valence electrons. The molecule has 6 heteroatoms. The Morgan fingerprint density at radius 1 is 1.32 bits per heavy atom. The molecule has 19 heavy (non-hydrogen) atoms. The van der Waals surface area contributed by atoms with E-state index in [4.69, 9.17) is 10.0 Å². The summed E-state index contributed by atoms with van der Waals surface area (Å²) < 4.78 is 0. The van der Waals surface area contributed by atoms with Gasteiger partial charge < -0.3 is 19.8 Å². The van der Waals surface area contributed by atoms with Crippen LogP contribution in [0.25, 0.3) is 0 Å². The van der Waals surface area contributed by atoms with E-state index in [1.165, 1.54) is 16.0 Å². The standard InChI is InChI=1S/C10H14BNO2.C3H7NO/c1-12-5-4-8-2-3-10(11(13)14)6-9(8)7-12;1-4(2)3-5/h2-3,6,13-14H,4-5,7H2,1H3;3H,1-2H3. The second-order valence-electron chi connectivity index (χ2n) is 4.96. The molecule has 5 nitrogen and oxygen atoms in total. The molecular weight excluding hydrogens is 243 g/mol. The number of rotatable bonds is 2. The molecule has 0 bridgehead atoms. The van der Waals surface area contributed by atoms with Crippen molar-refractivity contribution in [3.8, 4) is 0 Å². The molecule has 0 saturated heterocycles. The highest BCUT2D eigenvalue weighted by atomic mass is 16.4. The molecule has 1 amide bonds. The van der Waals surface area contributed by atoms with Crippen molar-refractivity contribution < 1.29 is 14.8 Å². The zero-order chi connectivity index (χ0) is 14.4. The van der Waals surface area contributed by atoms with Crippen molar-refractivity contribution in [3.63, 3.8) is 0 Å². The maximum absolute atomic E-state index is 9.43. The fraction of sp³-hybridized carbons (Fsp3) is 0.462. The first-order valence-electron chi connectivity index (χ1n) is 6.22. The molecular formula is C13H21BN2O3. The van der Waals surface area contributed by atoms with E-state index in [1.54, 1.807) is 20.2 Å². The quantitative estimate of drug-likeness (QED) is 0.534. The molecule has 1 aromatic carbocycles. The molecule has 1 aliphatic rings. The lowest BCUT2D eigenvalue weighted by molar-refractivity contribution is -0.115. The number of likely N-dealkylation sites (N-methyl/N-ethyl adjacent to an activating group) is 1. The Hall–Kier alpha value is -1.37. The molecule has 2 rings (SSSR count). The minimum absolute atomic E-state index is 0.582. The zero-order valence-electron chi connectivity index (χ0n) is 11.7. The molecule has 1 heterocycles. The molecule has 0 unspecified atom stereocenters. The molecule has 0 spiro atoms. The lowest BCUT2D eigenvalue weighted by atomic mass is 9.78. The van der Waals surface area contributed by atoms with Crippen molar-refractivity contribution in [1.82, 2.24) is 9.80 Å². The van der Waals surface area contributed by atoms with Gasteiger partial charge in [-0.2, -0.15) is 0 Å². The van der Waals surface area contributed by atoms with Crippen LogP contribution in [0.3, 0.4) is 0 Å². The number of hydrogen-bond acceptors (Lipinski definition) is 4. The number of carbonyl (C=O) groups excluding carboxylic acids is 1. The van der Waals surface area contributed by atoms with E-state index in [0.29, 0.717) is 5.46 Å². The van der Waals surface area contributed by atoms with Gasteiger partial charge in [-0.05, 0) is 30.1 Å². The summed E-state index contributed by atoms with van der Waals surface area (Å²) in [4.78, 5) is 13.1. The second-order valence-corrected chi connectivity index (χ2v) is 4.96. The van der Waals surface area contributed by atoms with Crippen LogP contribution in [0.15, 0.2) is 18.2 Å². The zero-order valence-corrected chi connectivity index (χ0v) is 11.7. The van der Waals surface area contributed by atoms with E-state index < -0.39 is 7.12 Å². The average molecular weight is 264 g/mol. The molecule has 0 aromatic heterocycles. The van der Waals surface area contributed by atoms with E-state index in [1.807, 2.05) is 12.1 Å². The summed E-state index contributed by atoms with van der Waals surface area (Å²) in [6, 6.07) is 5.67. The third kappa shape index (κ3) is 5.02. The molecule has 0 fully saturated rings. The van der Waals surface area contributed by atoms with Crippen LogP contribution in [-0.2, 0) is 17.8 Å². The summed E-state index contributed by atoms with van der Waals surface area (Å²) in [6.45, 7) is 1.98. The van der Waals surface area contributed by atoms with Gasteiger partial charge in [-0.15, -0.1) is 0 Å². The van der Waals surface area contributed by atoms with Crippen molar-refractivity contribution in [2.45, 2.75) is 13.0 Å². The molecule has 0 radical (unpaired) electrons. The third-order valence-electron chi connectivity index (χ3n) is 2.94. The lowest BCUT2D eigenvalue weighted by Crippen LogP contribution is -2.33. The van der Waals surface area contributed by atoms with Crippen LogP contribution in [0, 0.1) is 0 Å². The Morgan fingerprint density at radius 2 is 1.95 bits per heavy atom. The van der Waals surface area contributed by atoms with Crippen LogP contribution in [0.4, 0.5) is 0 Å². The molecule has 2 N–H and O–H groups in total. The van der Waals surface area contributed by atoms with Crippen LogP contribution in [0.1, 0.15) is 11.1 Å². The molecule has 0 aliphatic carbocycles. The van der Waals surface area contributed by atoms with Crippen LogP contribution >= 0.6 is 0 Å². The van der Waals surface area contributed by atoms with Gasteiger partial charge in [-0.3, -0.25) is 4.79 Å². The highest BCUT2D eigenvalue weighted by Gasteiger charge is 2.17. The van der Waals surface area contributed by atoms with Gasteiger partial charge in [0.2, 0.25) is 6.41 Å². The van der Waals surface area contributed by atoms with Gasteiger partial charge >= 0.3 is 7.12 Å². The van der Waals surface area contributed by atoms with Gasteiger partial charge in [0.15, 0.2) is 0 Å². The number of fused-ring (bicyclic) bond motifs is 1. The van der Waals surface area contributed by atoms with Crippen molar-refractivity contribution in [2.24, 2.45) is 0 Å². The van der Waals surface area contributed by atoms with Crippen LogP contribution in [0.2, 0.25) is 0 Å². The number of carbonyl (C=O) groups is 1. The van der Waals surface area contributed by atoms with E-state index in [2.05, 4.69) is 11.9 Å². The normalized spacial score (nSPS) is 13.9. The Balaban J connectivity index is 0.000000312. The predicted molar refractivity (Wildman–Crippen MR) is 76.1 cm³/mol. The van der Waals surface area contributed by atoms with Crippen LogP contribution in [-0.4, -0.2) is 61.1 Å². The minimum Gasteiger partial charge on any atom is -0.423 e. The lowest BCUT2D eigenvalue weighted by Gasteiger charge is -2.25. The average Bonchev–Trinajstić information content (AvgIpc) is 2.38. The first kappa shape index (κ1) is 15.7. The van der Waals surface area contributed by atoms with Crippen LogP contribution in [0.5, 0.6) is 0 Å². The second kappa shape index (κ2) is 7.28. The number of amides is 1. The Morgan fingerprint density at radius 3 is 2.47 bits per heavy atom. The van der Waals surface area contributed by atoms with E-state index >= 15 is 0 Å². The Bertz CT molecular complexity index is 424. The molecule has 0 atom stereocenters. The first-order valence-corrected chi connectivity index (χ1v) is 6.22. The predicted octanol–water partition coefficient (Wildman–Crippen LogP) is -0.941. The summed E-state index contributed by atoms with van der Waals surface area (Å²) in [6.07, 6.45) is 1.80. The SMILES string of the molecule is CN(C)C=O.CN1CCc2ccc(B(O)O)cc2C1. The van der Waals surface area contributed by atoms with Crippen LogP contribution < -0.4 is 5.46 Å². The number of nitrogens with zero attached hydrogens (tertiary/aromatic N) is 2. The third-order valence-corrected chi connectivity index (χ3v) is 2.94. The summed E-state index contributed by atoms with van der Waals surface area (Å²) in [7, 11) is 4.10.